The maximum absolute atomic E-state index is 4.03. The second kappa shape index (κ2) is 2.69. The van der Waals surface area contributed by atoms with Gasteiger partial charge in [-0.15, -0.1) is 37.9 Å². The van der Waals surface area contributed by atoms with Gasteiger partial charge in [0, 0.05) is 0 Å². The fourth-order valence-corrected chi connectivity index (χ4v) is 1.30. The molecule has 0 saturated carbocycles. The van der Waals surface area contributed by atoms with E-state index in [0.29, 0.717) is 15.2 Å². The Morgan fingerprint density at radius 1 is 1.22 bits per heavy atom. The summed E-state index contributed by atoms with van der Waals surface area (Å²) in [6, 6.07) is 0. The monoisotopic (exact) mass is 196 g/mol. The van der Waals surface area contributed by atoms with Crippen LogP contribution in [0, 0.1) is 0 Å². The second-order valence-corrected chi connectivity index (χ2v) is 3.02. The minimum atomic E-state index is 0.494. The Kier molecular flexibility index (Phi) is 2.31. The second-order valence-electron chi connectivity index (χ2n) is 1.37. The molecule has 1 aromatic heterocycles. The smallest absolute Gasteiger partial charge is 0.177 e. The number of rotatable bonds is 0. The molecule has 0 N–H and O–H groups in total. The number of aromatic nitrogens is 2. The van der Waals surface area contributed by atoms with Crippen molar-refractivity contribution in [3.05, 3.63) is 0 Å². The lowest BCUT2D eigenvalue weighted by Gasteiger charge is -1.90. The number of hydrogen-bond acceptors (Lipinski definition) is 5. The van der Waals surface area contributed by atoms with Gasteiger partial charge in [0.05, 0.1) is 0 Å². The summed E-state index contributed by atoms with van der Waals surface area (Å²) < 4.78 is 1.44. The molecule has 6 heteroatoms. The van der Waals surface area contributed by atoms with Crippen LogP contribution in [0.1, 0.15) is 0 Å². The summed E-state index contributed by atoms with van der Waals surface area (Å²) in [5.41, 5.74) is 0. The molecule has 0 amide bonds. The van der Waals surface area contributed by atoms with Gasteiger partial charge in [0.15, 0.2) is 5.16 Å². The first-order chi connectivity index (χ1) is 4.13. The van der Waals surface area contributed by atoms with Crippen molar-refractivity contribution in [2.45, 2.75) is 15.2 Å². The van der Waals surface area contributed by atoms with Crippen molar-refractivity contribution in [2.75, 3.05) is 0 Å². The minimum Gasteiger partial charge on any atom is -0.257 e. The summed E-state index contributed by atoms with van der Waals surface area (Å²) in [4.78, 5) is 3.85. The summed E-state index contributed by atoms with van der Waals surface area (Å²) in [7, 11) is 0. The highest BCUT2D eigenvalue weighted by Gasteiger charge is 2.04. The Morgan fingerprint density at radius 3 is 1.89 bits per heavy atom. The first kappa shape index (κ1) is 7.71. The quantitative estimate of drug-likeness (QED) is 0.462. The Labute approximate surface area is 74.8 Å². The maximum Gasteiger partial charge on any atom is 0.177 e. The molecule has 0 spiro atoms. The average Bonchev–Trinajstić information content (AvgIpc) is 1.98. The van der Waals surface area contributed by atoms with Crippen LogP contribution in [0.5, 0.6) is 0 Å². The van der Waals surface area contributed by atoms with Crippen molar-refractivity contribution < 1.29 is 0 Å². The largest absolute Gasteiger partial charge is 0.257 e. The van der Waals surface area contributed by atoms with Gasteiger partial charge in [0.1, 0.15) is 10.1 Å². The molecule has 0 saturated heterocycles. The molecule has 0 fully saturated rings. The predicted molar refractivity (Wildman–Crippen MR) is 48.4 cm³/mol. The van der Waals surface area contributed by atoms with Gasteiger partial charge in [-0.25, -0.2) is 4.98 Å². The molecule has 0 aliphatic carbocycles. The molecule has 50 valence electrons. The fraction of sp³-hybridized carbons (Fsp3) is 0. The number of thiol groups is 4. The van der Waals surface area contributed by atoms with Crippen molar-refractivity contribution in [2.24, 2.45) is 0 Å². The summed E-state index contributed by atoms with van der Waals surface area (Å²) in [6.07, 6.45) is 0. The average molecular weight is 196 g/mol. The SMILES string of the molecule is Sc1nc(S)n(S)c1S. The summed E-state index contributed by atoms with van der Waals surface area (Å²) in [5, 5.41) is 1.64. The first-order valence-corrected chi connectivity index (χ1v) is 3.76. The van der Waals surface area contributed by atoms with Crippen LogP contribution >= 0.6 is 50.7 Å². The van der Waals surface area contributed by atoms with Gasteiger partial charge >= 0.3 is 0 Å². The van der Waals surface area contributed by atoms with E-state index in [1.807, 2.05) is 0 Å². The van der Waals surface area contributed by atoms with E-state index in [2.05, 4.69) is 55.7 Å². The van der Waals surface area contributed by atoms with Gasteiger partial charge in [-0.3, -0.25) is 3.97 Å². The summed E-state index contributed by atoms with van der Waals surface area (Å²) in [6.45, 7) is 0. The van der Waals surface area contributed by atoms with Crippen molar-refractivity contribution in [3.63, 3.8) is 0 Å². The highest BCUT2D eigenvalue weighted by Crippen LogP contribution is 2.21. The van der Waals surface area contributed by atoms with Gasteiger partial charge in [-0.05, 0) is 0 Å². The zero-order valence-electron chi connectivity index (χ0n) is 4.18. The molecule has 0 aliphatic heterocycles. The highest BCUT2D eigenvalue weighted by atomic mass is 32.1. The van der Waals surface area contributed by atoms with E-state index >= 15 is 0 Å². The molecular formula is C3H4N2S4. The lowest BCUT2D eigenvalue weighted by Crippen LogP contribution is -1.78. The van der Waals surface area contributed by atoms with Crippen LogP contribution in [0.25, 0.3) is 0 Å². The van der Waals surface area contributed by atoms with Gasteiger partial charge < -0.3 is 0 Å². The van der Waals surface area contributed by atoms with Crippen molar-refractivity contribution >= 4 is 50.7 Å². The van der Waals surface area contributed by atoms with Crippen molar-refractivity contribution in [1.29, 1.82) is 0 Å². The lowest BCUT2D eigenvalue weighted by molar-refractivity contribution is 0.967. The first-order valence-electron chi connectivity index (χ1n) is 2.02. The predicted octanol–water partition coefficient (Wildman–Crippen LogP) is 1.44. The zero-order chi connectivity index (χ0) is 7.02. The third-order valence-electron chi connectivity index (χ3n) is 0.796. The van der Waals surface area contributed by atoms with Crippen LogP contribution in [0.2, 0.25) is 0 Å². The molecule has 0 aliphatic rings. The van der Waals surface area contributed by atoms with E-state index in [0.717, 1.165) is 0 Å². The van der Waals surface area contributed by atoms with Crippen molar-refractivity contribution in [3.8, 4) is 0 Å². The molecule has 1 aromatic rings. The normalized spacial score (nSPS) is 10.2. The van der Waals surface area contributed by atoms with Crippen LogP contribution < -0.4 is 0 Å². The van der Waals surface area contributed by atoms with Gasteiger partial charge in [0.2, 0.25) is 0 Å². The van der Waals surface area contributed by atoms with Gasteiger partial charge in [-0.2, -0.15) is 0 Å². The van der Waals surface area contributed by atoms with E-state index in [1.165, 1.54) is 3.97 Å². The molecular weight excluding hydrogens is 192 g/mol. The molecule has 0 atom stereocenters. The van der Waals surface area contributed by atoms with Crippen LogP contribution in [0.4, 0.5) is 0 Å². The molecule has 0 unspecified atom stereocenters. The lowest BCUT2D eigenvalue weighted by atomic mass is 10.9. The molecule has 0 radical (unpaired) electrons. The Morgan fingerprint density at radius 2 is 1.78 bits per heavy atom. The van der Waals surface area contributed by atoms with Crippen LogP contribution in [-0.2, 0) is 0 Å². The van der Waals surface area contributed by atoms with Crippen molar-refractivity contribution in [1.82, 2.24) is 8.96 Å². The van der Waals surface area contributed by atoms with Gasteiger partial charge in [0.25, 0.3) is 0 Å². The van der Waals surface area contributed by atoms with Crippen LogP contribution in [-0.4, -0.2) is 8.96 Å². The fourth-order valence-electron chi connectivity index (χ4n) is 0.382. The van der Waals surface area contributed by atoms with Gasteiger partial charge in [-0.1, -0.05) is 12.8 Å². The highest BCUT2D eigenvalue weighted by molar-refractivity contribution is 7.85. The third kappa shape index (κ3) is 1.36. The minimum absolute atomic E-state index is 0.494. The van der Waals surface area contributed by atoms with E-state index in [-0.39, 0.29) is 0 Å². The summed E-state index contributed by atoms with van der Waals surface area (Å²) in [5.74, 6) is 0. The number of imidazole rings is 1. The standard InChI is InChI=1S/C3H4N2S4/c6-1-2(7)5(9)3(8)4-1/h6-7,9H,(H,4,8). The molecule has 9 heavy (non-hydrogen) atoms. The molecule has 2 nitrogen and oxygen atoms in total. The Hall–Kier alpha value is 0.610. The molecule has 0 bridgehead atoms. The van der Waals surface area contributed by atoms with E-state index < -0.39 is 0 Å². The van der Waals surface area contributed by atoms with Crippen LogP contribution in [0.3, 0.4) is 0 Å². The Bertz CT molecular complexity index is 207. The molecule has 1 heterocycles. The van der Waals surface area contributed by atoms with Crippen LogP contribution in [0.15, 0.2) is 15.2 Å². The zero-order valence-corrected chi connectivity index (χ0v) is 7.76. The number of hydrogen-bond donors (Lipinski definition) is 4. The van der Waals surface area contributed by atoms with E-state index in [9.17, 15) is 0 Å². The van der Waals surface area contributed by atoms with E-state index in [4.69, 9.17) is 0 Å². The molecule has 0 aromatic carbocycles. The third-order valence-corrected chi connectivity index (χ3v) is 2.70. The summed E-state index contributed by atoms with van der Waals surface area (Å²) >= 11 is 16.0. The number of nitrogens with zero attached hydrogens (tertiary/aromatic N) is 2. The molecule has 1 rings (SSSR count). The topological polar surface area (TPSA) is 17.8 Å². The maximum atomic E-state index is 4.03. The van der Waals surface area contributed by atoms with E-state index in [1.54, 1.807) is 0 Å². The Balaban J connectivity index is 3.29.